The lowest BCUT2D eigenvalue weighted by Gasteiger charge is -2.57. The number of aliphatic imine (C=N–C) groups is 1. The van der Waals surface area contributed by atoms with Crippen LogP contribution in [-0.4, -0.2) is 55.9 Å². The standard InChI is InChI=1S/C23H35N5O.HI/c1-16-5-6-19(25-15-16)28-12-7-17(8-13-28)26-22(24-2)27-20-18-9-14-29-21(18)23(20)10-3-4-11-23;/h5-6,15,17-18,20-21H,3-4,7-14H2,1-2H3,(H2,24,26,27);1H. The van der Waals surface area contributed by atoms with Gasteiger partial charge in [0.1, 0.15) is 5.82 Å². The maximum absolute atomic E-state index is 6.13. The first kappa shape index (κ1) is 22.1. The van der Waals surface area contributed by atoms with Crippen molar-refractivity contribution in [1.82, 2.24) is 15.6 Å². The molecule has 7 heteroatoms. The molecule has 0 radical (unpaired) electrons. The highest BCUT2D eigenvalue weighted by Gasteiger charge is 2.65. The number of ether oxygens (including phenoxy) is 1. The summed E-state index contributed by atoms with van der Waals surface area (Å²) in [5.41, 5.74) is 1.57. The van der Waals surface area contributed by atoms with Gasteiger partial charge in [-0.05, 0) is 50.7 Å². The van der Waals surface area contributed by atoms with Crippen LogP contribution in [0.1, 0.15) is 50.5 Å². The smallest absolute Gasteiger partial charge is 0.191 e. The van der Waals surface area contributed by atoms with Crippen LogP contribution >= 0.6 is 24.0 Å². The van der Waals surface area contributed by atoms with Crippen molar-refractivity contribution in [3.05, 3.63) is 23.9 Å². The van der Waals surface area contributed by atoms with Crippen LogP contribution in [0, 0.1) is 18.3 Å². The molecule has 6 nitrogen and oxygen atoms in total. The normalized spacial score (nSPS) is 30.5. The first-order valence-electron chi connectivity index (χ1n) is 11.5. The number of pyridine rings is 1. The SMILES string of the molecule is CN=C(NC1CCN(c2ccc(C)cn2)CC1)NC1C2CCOC2C12CCCC2.I. The second-order valence-corrected chi connectivity index (χ2v) is 9.48. The summed E-state index contributed by atoms with van der Waals surface area (Å²) in [4.78, 5) is 11.6. The van der Waals surface area contributed by atoms with Crippen LogP contribution in [0.25, 0.3) is 0 Å². The predicted octanol–water partition coefficient (Wildman–Crippen LogP) is 3.49. The van der Waals surface area contributed by atoms with Gasteiger partial charge in [-0.3, -0.25) is 4.99 Å². The average molecular weight is 525 g/mol. The molecular formula is C23H36IN5O. The fourth-order valence-electron chi connectivity index (χ4n) is 6.32. The number of fused-ring (bicyclic) bond motifs is 2. The average Bonchev–Trinajstić information content (AvgIpc) is 3.41. The summed E-state index contributed by atoms with van der Waals surface area (Å²) in [6.07, 6.45) is 11.2. The Hall–Kier alpha value is -1.09. The molecule has 2 saturated carbocycles. The van der Waals surface area contributed by atoms with Crippen LogP contribution in [0.3, 0.4) is 0 Å². The Morgan fingerprint density at radius 2 is 1.93 bits per heavy atom. The number of nitrogens with zero attached hydrogens (tertiary/aromatic N) is 3. The monoisotopic (exact) mass is 525 g/mol. The topological polar surface area (TPSA) is 61.8 Å². The molecule has 5 rings (SSSR count). The van der Waals surface area contributed by atoms with Crippen LogP contribution in [0.5, 0.6) is 0 Å². The van der Waals surface area contributed by atoms with E-state index in [9.17, 15) is 0 Å². The lowest BCUT2D eigenvalue weighted by molar-refractivity contribution is -0.125. The molecule has 166 valence electrons. The molecule has 30 heavy (non-hydrogen) atoms. The molecule has 0 aromatic carbocycles. The Balaban J connectivity index is 0.00000218. The number of piperidine rings is 1. The number of halogens is 1. The van der Waals surface area contributed by atoms with E-state index in [1.165, 1.54) is 37.7 Å². The quantitative estimate of drug-likeness (QED) is 0.360. The van der Waals surface area contributed by atoms with Gasteiger partial charge in [-0.1, -0.05) is 18.9 Å². The fraction of sp³-hybridized carbons (Fsp3) is 0.739. The van der Waals surface area contributed by atoms with E-state index < -0.39 is 0 Å². The minimum atomic E-state index is 0. The van der Waals surface area contributed by atoms with Crippen molar-refractivity contribution in [1.29, 1.82) is 0 Å². The summed E-state index contributed by atoms with van der Waals surface area (Å²) in [7, 11) is 1.91. The first-order valence-corrected chi connectivity index (χ1v) is 11.5. The van der Waals surface area contributed by atoms with Gasteiger partial charge in [-0.25, -0.2) is 4.98 Å². The zero-order valence-electron chi connectivity index (χ0n) is 18.3. The molecule has 3 atom stereocenters. The molecule has 4 aliphatic rings. The third-order valence-corrected chi connectivity index (χ3v) is 7.86. The zero-order valence-corrected chi connectivity index (χ0v) is 20.6. The Morgan fingerprint density at radius 1 is 1.17 bits per heavy atom. The Bertz CT molecular complexity index is 740. The molecule has 1 aromatic heterocycles. The van der Waals surface area contributed by atoms with E-state index in [4.69, 9.17) is 4.74 Å². The van der Waals surface area contributed by atoms with E-state index in [2.05, 4.69) is 44.6 Å². The highest BCUT2D eigenvalue weighted by molar-refractivity contribution is 14.0. The summed E-state index contributed by atoms with van der Waals surface area (Å²) in [6, 6.07) is 5.29. The van der Waals surface area contributed by atoms with Gasteiger partial charge in [-0.2, -0.15) is 0 Å². The molecule has 1 spiro atoms. The maximum atomic E-state index is 6.13. The highest BCUT2D eigenvalue weighted by Crippen LogP contribution is 2.60. The van der Waals surface area contributed by atoms with E-state index in [-0.39, 0.29) is 24.0 Å². The summed E-state index contributed by atoms with van der Waals surface area (Å²) in [5.74, 6) is 2.75. The van der Waals surface area contributed by atoms with E-state index in [1.807, 2.05) is 13.2 Å². The molecule has 1 aromatic rings. The minimum Gasteiger partial charge on any atom is -0.377 e. The number of hydrogen-bond donors (Lipinski definition) is 2. The number of hydrogen-bond acceptors (Lipinski definition) is 4. The second kappa shape index (κ2) is 9.18. The number of rotatable bonds is 3. The summed E-state index contributed by atoms with van der Waals surface area (Å²) < 4.78 is 6.13. The van der Waals surface area contributed by atoms with Crippen molar-refractivity contribution >= 4 is 35.8 Å². The van der Waals surface area contributed by atoms with Gasteiger partial charge in [0.15, 0.2) is 5.96 Å². The number of aromatic nitrogens is 1. The summed E-state index contributed by atoms with van der Waals surface area (Å²) >= 11 is 0. The molecule has 2 aliphatic heterocycles. The van der Waals surface area contributed by atoms with Crippen LogP contribution in [0.15, 0.2) is 23.3 Å². The number of aryl methyl sites for hydroxylation is 1. The minimum absolute atomic E-state index is 0. The van der Waals surface area contributed by atoms with Gasteiger partial charge >= 0.3 is 0 Å². The Kier molecular flexibility index (Phi) is 6.77. The molecule has 2 aliphatic carbocycles. The van der Waals surface area contributed by atoms with Crippen LogP contribution < -0.4 is 15.5 Å². The molecule has 0 bridgehead atoms. The van der Waals surface area contributed by atoms with E-state index in [0.717, 1.165) is 44.3 Å². The van der Waals surface area contributed by atoms with Crippen molar-refractivity contribution in [3.63, 3.8) is 0 Å². The molecule has 3 unspecified atom stereocenters. The van der Waals surface area contributed by atoms with Gasteiger partial charge < -0.3 is 20.3 Å². The van der Waals surface area contributed by atoms with Gasteiger partial charge in [0.2, 0.25) is 0 Å². The Labute approximate surface area is 197 Å². The highest BCUT2D eigenvalue weighted by atomic mass is 127. The lowest BCUT2D eigenvalue weighted by atomic mass is 9.54. The fourth-order valence-corrected chi connectivity index (χ4v) is 6.32. The molecule has 0 amide bonds. The van der Waals surface area contributed by atoms with Crippen LogP contribution in [0.2, 0.25) is 0 Å². The maximum Gasteiger partial charge on any atom is 0.191 e. The van der Waals surface area contributed by atoms with Crippen molar-refractivity contribution in [3.8, 4) is 0 Å². The van der Waals surface area contributed by atoms with Crippen LogP contribution in [0.4, 0.5) is 5.82 Å². The molecule has 4 fully saturated rings. The van der Waals surface area contributed by atoms with Crippen molar-refractivity contribution in [2.75, 3.05) is 31.6 Å². The molecule has 3 heterocycles. The first-order chi connectivity index (χ1) is 14.2. The second-order valence-electron chi connectivity index (χ2n) is 9.48. The third kappa shape index (κ3) is 3.92. The zero-order chi connectivity index (χ0) is 19.8. The van der Waals surface area contributed by atoms with E-state index in [0.29, 0.717) is 29.5 Å². The summed E-state index contributed by atoms with van der Waals surface area (Å²) in [5, 5.41) is 7.56. The lowest BCUT2D eigenvalue weighted by Crippen LogP contribution is -2.69. The van der Waals surface area contributed by atoms with E-state index >= 15 is 0 Å². The number of guanidine groups is 1. The van der Waals surface area contributed by atoms with Crippen LogP contribution in [-0.2, 0) is 4.74 Å². The Morgan fingerprint density at radius 3 is 2.60 bits per heavy atom. The van der Waals surface area contributed by atoms with Crippen molar-refractivity contribution in [2.24, 2.45) is 16.3 Å². The number of anilines is 1. The third-order valence-electron chi connectivity index (χ3n) is 7.86. The van der Waals surface area contributed by atoms with Gasteiger partial charge in [0, 0.05) is 56.4 Å². The van der Waals surface area contributed by atoms with Gasteiger partial charge in [0.05, 0.1) is 6.10 Å². The molecular weight excluding hydrogens is 489 g/mol. The van der Waals surface area contributed by atoms with Crippen molar-refractivity contribution < 1.29 is 4.74 Å². The van der Waals surface area contributed by atoms with Gasteiger partial charge in [-0.15, -0.1) is 24.0 Å². The number of nitrogens with one attached hydrogen (secondary N) is 2. The molecule has 2 saturated heterocycles. The predicted molar refractivity (Wildman–Crippen MR) is 132 cm³/mol. The van der Waals surface area contributed by atoms with Crippen molar-refractivity contribution in [2.45, 2.75) is 70.1 Å². The van der Waals surface area contributed by atoms with Gasteiger partial charge in [0.25, 0.3) is 0 Å². The summed E-state index contributed by atoms with van der Waals surface area (Å²) in [6.45, 7) is 5.10. The van der Waals surface area contributed by atoms with E-state index in [1.54, 1.807) is 0 Å². The molecule has 2 N–H and O–H groups in total. The largest absolute Gasteiger partial charge is 0.377 e.